The Kier molecular flexibility index (Phi) is 6.95. The Labute approximate surface area is 192 Å². The molecular weight excluding hydrogens is 418 g/mol. The molecule has 0 aliphatic carbocycles. The minimum atomic E-state index is -0.308. The molecule has 0 amide bonds. The van der Waals surface area contributed by atoms with E-state index in [0.717, 1.165) is 33.2 Å². The predicted molar refractivity (Wildman–Crippen MR) is 127 cm³/mol. The van der Waals surface area contributed by atoms with Crippen molar-refractivity contribution >= 4 is 16.9 Å². The minimum Gasteiger partial charge on any atom is -0.493 e. The highest BCUT2D eigenvalue weighted by Gasteiger charge is 2.16. The van der Waals surface area contributed by atoms with Gasteiger partial charge in [-0.3, -0.25) is 4.79 Å². The van der Waals surface area contributed by atoms with E-state index in [1.54, 1.807) is 20.3 Å². The SMILES string of the molecule is CCOC(=O)Cc1cccc(OC)c1OCc1cc(-c2cccc(CN)c2)c2occc2c1. The predicted octanol–water partition coefficient (Wildman–Crippen LogP) is 5.25. The number of nitrogens with two attached hydrogens (primary N) is 1. The molecule has 0 radical (unpaired) electrons. The lowest BCUT2D eigenvalue weighted by Gasteiger charge is -2.15. The zero-order chi connectivity index (χ0) is 23.2. The summed E-state index contributed by atoms with van der Waals surface area (Å²) in [5.41, 5.74) is 11.4. The van der Waals surface area contributed by atoms with Gasteiger partial charge in [-0.15, -0.1) is 0 Å². The third-order valence-corrected chi connectivity index (χ3v) is 5.39. The van der Waals surface area contributed by atoms with Gasteiger partial charge < -0.3 is 24.4 Å². The van der Waals surface area contributed by atoms with E-state index >= 15 is 0 Å². The lowest BCUT2D eigenvalue weighted by molar-refractivity contribution is -0.142. The fourth-order valence-corrected chi connectivity index (χ4v) is 3.86. The molecule has 0 saturated heterocycles. The zero-order valence-corrected chi connectivity index (χ0v) is 18.8. The summed E-state index contributed by atoms with van der Waals surface area (Å²) < 4.78 is 22.6. The van der Waals surface area contributed by atoms with Gasteiger partial charge in [0.15, 0.2) is 11.5 Å². The molecule has 1 heterocycles. The van der Waals surface area contributed by atoms with Crippen LogP contribution in [-0.4, -0.2) is 19.7 Å². The summed E-state index contributed by atoms with van der Waals surface area (Å²) >= 11 is 0. The number of esters is 1. The van der Waals surface area contributed by atoms with Crippen molar-refractivity contribution in [3.8, 4) is 22.6 Å². The van der Waals surface area contributed by atoms with E-state index in [1.807, 2.05) is 48.5 Å². The second kappa shape index (κ2) is 10.2. The Hall–Kier alpha value is -3.77. The Morgan fingerprint density at radius 3 is 2.67 bits per heavy atom. The average molecular weight is 446 g/mol. The van der Waals surface area contributed by atoms with E-state index in [0.29, 0.717) is 36.8 Å². The molecule has 1 aromatic heterocycles. The van der Waals surface area contributed by atoms with Crippen LogP contribution in [0.2, 0.25) is 0 Å². The van der Waals surface area contributed by atoms with Crippen molar-refractivity contribution in [1.82, 2.24) is 0 Å². The summed E-state index contributed by atoms with van der Waals surface area (Å²) in [7, 11) is 1.58. The molecular formula is C27H27NO5. The maximum atomic E-state index is 12.1. The first-order chi connectivity index (χ1) is 16.1. The van der Waals surface area contributed by atoms with Gasteiger partial charge in [-0.25, -0.2) is 0 Å². The molecule has 0 atom stereocenters. The number of ether oxygens (including phenoxy) is 3. The minimum absolute atomic E-state index is 0.109. The average Bonchev–Trinajstić information content (AvgIpc) is 3.31. The van der Waals surface area contributed by atoms with Gasteiger partial charge >= 0.3 is 5.97 Å². The smallest absolute Gasteiger partial charge is 0.310 e. The molecule has 0 bridgehead atoms. The lowest BCUT2D eigenvalue weighted by Crippen LogP contribution is -2.09. The number of hydrogen-bond donors (Lipinski definition) is 1. The Morgan fingerprint density at radius 2 is 1.88 bits per heavy atom. The van der Waals surface area contributed by atoms with Crippen LogP contribution in [0.15, 0.2) is 71.3 Å². The van der Waals surface area contributed by atoms with Crippen LogP contribution in [0.25, 0.3) is 22.1 Å². The molecule has 2 N–H and O–H groups in total. The fourth-order valence-electron chi connectivity index (χ4n) is 3.86. The Bertz CT molecular complexity index is 1260. The highest BCUT2D eigenvalue weighted by molar-refractivity contribution is 5.93. The molecule has 0 fully saturated rings. The first-order valence-corrected chi connectivity index (χ1v) is 10.9. The lowest BCUT2D eigenvalue weighted by atomic mass is 9.99. The number of benzene rings is 3. The van der Waals surface area contributed by atoms with Gasteiger partial charge in [0.05, 0.1) is 26.4 Å². The van der Waals surface area contributed by atoms with Gasteiger partial charge in [-0.2, -0.15) is 0 Å². The van der Waals surface area contributed by atoms with Crippen LogP contribution in [0.1, 0.15) is 23.6 Å². The van der Waals surface area contributed by atoms with E-state index in [-0.39, 0.29) is 12.4 Å². The van der Waals surface area contributed by atoms with Crippen LogP contribution in [0.5, 0.6) is 11.5 Å². The quantitative estimate of drug-likeness (QED) is 0.354. The van der Waals surface area contributed by atoms with Gasteiger partial charge in [0.25, 0.3) is 0 Å². The van der Waals surface area contributed by atoms with Gasteiger partial charge in [0, 0.05) is 23.1 Å². The van der Waals surface area contributed by atoms with Crippen LogP contribution in [0, 0.1) is 0 Å². The number of rotatable bonds is 9. The molecule has 170 valence electrons. The topological polar surface area (TPSA) is 83.9 Å². The first kappa shape index (κ1) is 22.4. The van der Waals surface area contributed by atoms with Crippen LogP contribution >= 0.6 is 0 Å². The molecule has 4 rings (SSSR count). The van der Waals surface area contributed by atoms with E-state index in [1.165, 1.54) is 0 Å². The number of methoxy groups -OCH3 is 1. The Morgan fingerprint density at radius 1 is 1.03 bits per heavy atom. The monoisotopic (exact) mass is 445 g/mol. The van der Waals surface area contributed by atoms with Crippen molar-refractivity contribution in [1.29, 1.82) is 0 Å². The summed E-state index contributed by atoms with van der Waals surface area (Å²) in [6, 6.07) is 19.6. The van der Waals surface area contributed by atoms with Crippen molar-refractivity contribution in [2.45, 2.75) is 26.5 Å². The first-order valence-electron chi connectivity index (χ1n) is 10.9. The molecule has 0 aliphatic rings. The number of carbonyl (C=O) groups is 1. The van der Waals surface area contributed by atoms with Gasteiger partial charge in [-0.05, 0) is 53.9 Å². The molecule has 0 spiro atoms. The van der Waals surface area contributed by atoms with Gasteiger partial charge in [0.1, 0.15) is 12.2 Å². The van der Waals surface area contributed by atoms with Crippen molar-refractivity contribution in [3.05, 3.63) is 83.6 Å². The van der Waals surface area contributed by atoms with E-state index in [4.69, 9.17) is 24.4 Å². The maximum absolute atomic E-state index is 12.1. The number of para-hydroxylation sites is 1. The van der Waals surface area contributed by atoms with E-state index < -0.39 is 0 Å². The Balaban J connectivity index is 1.66. The molecule has 0 aliphatic heterocycles. The van der Waals surface area contributed by atoms with Gasteiger partial charge in [-0.1, -0.05) is 30.3 Å². The van der Waals surface area contributed by atoms with Crippen LogP contribution < -0.4 is 15.2 Å². The summed E-state index contributed by atoms with van der Waals surface area (Å²) in [5, 5.41) is 0.982. The largest absolute Gasteiger partial charge is 0.493 e. The molecule has 6 heteroatoms. The van der Waals surface area contributed by atoms with E-state index in [9.17, 15) is 4.79 Å². The molecule has 3 aromatic carbocycles. The maximum Gasteiger partial charge on any atom is 0.310 e. The summed E-state index contributed by atoms with van der Waals surface area (Å²) in [4.78, 5) is 12.1. The number of hydrogen-bond acceptors (Lipinski definition) is 6. The number of furan rings is 1. The summed E-state index contributed by atoms with van der Waals surface area (Å²) in [6.45, 7) is 2.88. The molecule has 0 saturated carbocycles. The third-order valence-electron chi connectivity index (χ3n) is 5.39. The number of carbonyl (C=O) groups excluding carboxylic acids is 1. The second-order valence-electron chi connectivity index (χ2n) is 7.61. The van der Waals surface area contributed by atoms with Crippen LogP contribution in [0.3, 0.4) is 0 Å². The standard InChI is InChI=1S/C27H27NO5/c1-3-31-25(29)15-21-8-5-9-24(30-2)27(21)33-17-19-13-22-10-11-32-26(22)23(14-19)20-7-4-6-18(12-20)16-28/h4-14H,3,15-17,28H2,1-2H3. The molecule has 4 aromatic rings. The molecule has 0 unspecified atom stereocenters. The van der Waals surface area contributed by atoms with E-state index in [2.05, 4.69) is 12.1 Å². The second-order valence-corrected chi connectivity index (χ2v) is 7.61. The summed E-state index contributed by atoms with van der Waals surface area (Å²) in [5.74, 6) is 0.793. The van der Waals surface area contributed by atoms with Crippen molar-refractivity contribution in [2.24, 2.45) is 5.73 Å². The van der Waals surface area contributed by atoms with Crippen molar-refractivity contribution in [2.75, 3.05) is 13.7 Å². The number of fused-ring (bicyclic) bond motifs is 1. The molecule has 6 nitrogen and oxygen atoms in total. The zero-order valence-electron chi connectivity index (χ0n) is 18.8. The van der Waals surface area contributed by atoms with Gasteiger partial charge in [0.2, 0.25) is 0 Å². The van der Waals surface area contributed by atoms with Crippen molar-refractivity contribution in [3.63, 3.8) is 0 Å². The highest BCUT2D eigenvalue weighted by atomic mass is 16.5. The van der Waals surface area contributed by atoms with Crippen LogP contribution in [-0.2, 0) is 29.1 Å². The normalized spacial score (nSPS) is 10.9. The van der Waals surface area contributed by atoms with Crippen molar-refractivity contribution < 1.29 is 23.4 Å². The molecule has 33 heavy (non-hydrogen) atoms. The summed E-state index contributed by atoms with van der Waals surface area (Å²) in [6.07, 6.45) is 1.79. The third kappa shape index (κ3) is 5.02. The van der Waals surface area contributed by atoms with Crippen LogP contribution in [0.4, 0.5) is 0 Å². The fraction of sp³-hybridized carbons (Fsp3) is 0.222. The highest BCUT2D eigenvalue weighted by Crippen LogP contribution is 2.35.